The Hall–Kier alpha value is -0.570. The molecule has 21 heavy (non-hydrogen) atoms. The van der Waals surface area contributed by atoms with Crippen LogP contribution in [0.4, 0.5) is 0 Å². The van der Waals surface area contributed by atoms with Gasteiger partial charge in [0.05, 0.1) is 0 Å². The van der Waals surface area contributed by atoms with Crippen LogP contribution >= 0.6 is 0 Å². The number of carbonyl (C=O) groups excluding carboxylic acids is 1. The van der Waals surface area contributed by atoms with E-state index in [0.29, 0.717) is 17.9 Å². The van der Waals surface area contributed by atoms with Crippen molar-refractivity contribution in [1.29, 1.82) is 0 Å². The normalized spacial score (nSPS) is 21.1. The minimum Gasteiger partial charge on any atom is -0.345 e. The summed E-state index contributed by atoms with van der Waals surface area (Å²) in [5, 5.41) is 0. The molecule has 0 aromatic carbocycles. The van der Waals surface area contributed by atoms with Crippen LogP contribution in [-0.2, 0) is 4.79 Å². The van der Waals surface area contributed by atoms with Gasteiger partial charge < -0.3 is 10.6 Å². The van der Waals surface area contributed by atoms with E-state index in [2.05, 4.69) is 6.92 Å². The van der Waals surface area contributed by atoms with Gasteiger partial charge >= 0.3 is 0 Å². The van der Waals surface area contributed by atoms with Crippen molar-refractivity contribution in [2.24, 2.45) is 11.7 Å². The molecule has 1 rings (SSSR count). The van der Waals surface area contributed by atoms with E-state index in [4.69, 9.17) is 5.73 Å². The Morgan fingerprint density at radius 1 is 1.00 bits per heavy atom. The third-order valence-corrected chi connectivity index (χ3v) is 4.72. The quantitative estimate of drug-likeness (QED) is 0.551. The molecular weight excluding hydrogens is 260 g/mol. The number of amides is 1. The molecule has 3 heteroatoms. The van der Waals surface area contributed by atoms with Crippen molar-refractivity contribution in [3.05, 3.63) is 0 Å². The lowest BCUT2D eigenvalue weighted by Crippen LogP contribution is -2.43. The van der Waals surface area contributed by atoms with E-state index in [1.165, 1.54) is 51.4 Å². The average molecular weight is 296 g/mol. The molecule has 1 aliphatic carbocycles. The van der Waals surface area contributed by atoms with Crippen LogP contribution < -0.4 is 5.73 Å². The summed E-state index contributed by atoms with van der Waals surface area (Å²) in [5.41, 5.74) is 5.78. The lowest BCUT2D eigenvalue weighted by Gasteiger charge is -2.35. The largest absolute Gasteiger partial charge is 0.345 e. The number of unbranched alkanes of at least 4 members (excludes halogenated alkanes) is 8. The number of hydrogen-bond donors (Lipinski definition) is 1. The summed E-state index contributed by atoms with van der Waals surface area (Å²) in [6.07, 6.45) is 14.7. The van der Waals surface area contributed by atoms with E-state index >= 15 is 0 Å². The van der Waals surface area contributed by atoms with Gasteiger partial charge in [-0.25, -0.2) is 0 Å². The summed E-state index contributed by atoms with van der Waals surface area (Å²) in [6, 6.07) is 0.385. The van der Waals surface area contributed by atoms with Gasteiger partial charge in [-0.15, -0.1) is 0 Å². The fourth-order valence-corrected chi connectivity index (χ4v) is 3.20. The Balaban J connectivity index is 1.88. The van der Waals surface area contributed by atoms with Gasteiger partial charge in [-0.3, -0.25) is 4.79 Å². The predicted octanol–water partition coefficient (Wildman–Crippen LogP) is 4.10. The van der Waals surface area contributed by atoms with Crippen LogP contribution in [0.25, 0.3) is 0 Å². The summed E-state index contributed by atoms with van der Waals surface area (Å²) in [7, 11) is 1.94. The SMILES string of the molecule is CCCCCCCCCCCC(=O)N(C)CC1CC(N)C1. The molecule has 0 spiro atoms. The second-order valence-corrected chi connectivity index (χ2v) is 6.95. The summed E-state index contributed by atoms with van der Waals surface area (Å²) in [6.45, 7) is 3.16. The minimum absolute atomic E-state index is 0.318. The molecule has 3 nitrogen and oxygen atoms in total. The molecular formula is C18H36N2O. The molecule has 124 valence electrons. The van der Waals surface area contributed by atoms with Crippen molar-refractivity contribution in [1.82, 2.24) is 4.90 Å². The highest BCUT2D eigenvalue weighted by Gasteiger charge is 2.27. The first-order valence-electron chi connectivity index (χ1n) is 9.13. The molecule has 0 aromatic rings. The van der Waals surface area contributed by atoms with E-state index < -0.39 is 0 Å². The van der Waals surface area contributed by atoms with Gasteiger partial charge in [-0.2, -0.15) is 0 Å². The number of rotatable bonds is 12. The number of carbonyl (C=O) groups is 1. The van der Waals surface area contributed by atoms with Crippen molar-refractivity contribution in [3.8, 4) is 0 Å². The van der Waals surface area contributed by atoms with Gasteiger partial charge in [-0.05, 0) is 25.2 Å². The zero-order chi connectivity index (χ0) is 15.5. The highest BCUT2D eigenvalue weighted by atomic mass is 16.2. The molecule has 0 aliphatic heterocycles. The maximum Gasteiger partial charge on any atom is 0.222 e. The molecule has 0 radical (unpaired) electrons. The Bertz CT molecular complexity index is 274. The maximum atomic E-state index is 12.0. The molecule has 1 aliphatic rings. The zero-order valence-corrected chi connectivity index (χ0v) is 14.3. The molecule has 1 fully saturated rings. The van der Waals surface area contributed by atoms with Crippen LogP contribution in [0.15, 0.2) is 0 Å². The van der Waals surface area contributed by atoms with Crippen LogP contribution in [-0.4, -0.2) is 30.4 Å². The average Bonchev–Trinajstić information content (AvgIpc) is 2.43. The van der Waals surface area contributed by atoms with Gasteiger partial charge in [0.25, 0.3) is 0 Å². The van der Waals surface area contributed by atoms with E-state index in [0.717, 1.165) is 32.2 Å². The highest BCUT2D eigenvalue weighted by molar-refractivity contribution is 5.75. The molecule has 0 atom stereocenters. The highest BCUT2D eigenvalue weighted by Crippen LogP contribution is 2.26. The first-order chi connectivity index (χ1) is 10.1. The zero-order valence-electron chi connectivity index (χ0n) is 14.3. The van der Waals surface area contributed by atoms with Crippen molar-refractivity contribution in [3.63, 3.8) is 0 Å². The topological polar surface area (TPSA) is 46.3 Å². The monoisotopic (exact) mass is 296 g/mol. The Labute approximate surface area is 131 Å². The second-order valence-electron chi connectivity index (χ2n) is 6.95. The number of nitrogens with zero attached hydrogens (tertiary/aromatic N) is 1. The summed E-state index contributed by atoms with van der Waals surface area (Å²) < 4.78 is 0. The van der Waals surface area contributed by atoms with E-state index in [-0.39, 0.29) is 0 Å². The van der Waals surface area contributed by atoms with Crippen molar-refractivity contribution in [2.45, 2.75) is 90.0 Å². The first kappa shape index (κ1) is 18.5. The van der Waals surface area contributed by atoms with E-state index in [1.54, 1.807) is 0 Å². The molecule has 0 unspecified atom stereocenters. The molecule has 0 bridgehead atoms. The Kier molecular flexibility index (Phi) is 9.73. The summed E-state index contributed by atoms with van der Waals surface area (Å²) in [5.74, 6) is 0.968. The number of nitrogens with two attached hydrogens (primary N) is 1. The van der Waals surface area contributed by atoms with Crippen LogP contribution in [0, 0.1) is 5.92 Å². The van der Waals surface area contributed by atoms with Gasteiger partial charge in [0, 0.05) is 26.1 Å². The fourth-order valence-electron chi connectivity index (χ4n) is 3.20. The van der Waals surface area contributed by atoms with E-state index in [1.807, 2.05) is 11.9 Å². The molecule has 1 saturated carbocycles. The summed E-state index contributed by atoms with van der Waals surface area (Å²) >= 11 is 0. The van der Waals surface area contributed by atoms with Gasteiger partial charge in [-0.1, -0.05) is 58.3 Å². The van der Waals surface area contributed by atoms with Crippen LogP contribution in [0.1, 0.15) is 84.0 Å². The van der Waals surface area contributed by atoms with Crippen molar-refractivity contribution < 1.29 is 4.79 Å². The molecule has 1 amide bonds. The van der Waals surface area contributed by atoms with Gasteiger partial charge in [0.2, 0.25) is 5.91 Å². The molecule has 0 heterocycles. The van der Waals surface area contributed by atoms with Crippen molar-refractivity contribution >= 4 is 5.91 Å². The molecule has 0 aromatic heterocycles. The Morgan fingerprint density at radius 3 is 2.05 bits per heavy atom. The smallest absolute Gasteiger partial charge is 0.222 e. The standard InChI is InChI=1S/C18H36N2O/c1-3-4-5-6-7-8-9-10-11-12-18(21)20(2)15-16-13-17(19)14-16/h16-17H,3-15,19H2,1-2H3. The third-order valence-electron chi connectivity index (χ3n) is 4.72. The van der Waals surface area contributed by atoms with Gasteiger partial charge in [0.15, 0.2) is 0 Å². The third kappa shape index (κ3) is 8.45. The Morgan fingerprint density at radius 2 is 1.52 bits per heavy atom. The lowest BCUT2D eigenvalue weighted by molar-refractivity contribution is -0.131. The minimum atomic E-state index is 0.318. The van der Waals surface area contributed by atoms with Crippen LogP contribution in [0.3, 0.4) is 0 Å². The van der Waals surface area contributed by atoms with Crippen LogP contribution in [0.2, 0.25) is 0 Å². The molecule has 0 saturated heterocycles. The van der Waals surface area contributed by atoms with Crippen molar-refractivity contribution in [2.75, 3.05) is 13.6 Å². The lowest BCUT2D eigenvalue weighted by atomic mass is 9.80. The second kappa shape index (κ2) is 11.1. The van der Waals surface area contributed by atoms with Crippen LogP contribution in [0.5, 0.6) is 0 Å². The predicted molar refractivity (Wildman–Crippen MR) is 90.2 cm³/mol. The fraction of sp³-hybridized carbons (Fsp3) is 0.944. The van der Waals surface area contributed by atoms with Gasteiger partial charge in [0.1, 0.15) is 0 Å². The van der Waals surface area contributed by atoms with E-state index in [9.17, 15) is 4.79 Å². The maximum absolute atomic E-state index is 12.0. The first-order valence-corrected chi connectivity index (χ1v) is 9.13. The summed E-state index contributed by atoms with van der Waals surface area (Å²) in [4.78, 5) is 13.9. The molecule has 2 N–H and O–H groups in total. The number of hydrogen-bond acceptors (Lipinski definition) is 2.